The summed E-state index contributed by atoms with van der Waals surface area (Å²) in [6, 6.07) is 10.6. The van der Waals surface area contributed by atoms with Crippen molar-refractivity contribution in [1.82, 2.24) is 4.98 Å². The van der Waals surface area contributed by atoms with E-state index in [-0.39, 0.29) is 29.5 Å². The van der Waals surface area contributed by atoms with E-state index in [1.165, 1.54) is 25.0 Å². The van der Waals surface area contributed by atoms with Gasteiger partial charge in [-0.3, -0.25) is 9.78 Å². The largest absolute Gasteiger partial charge is 0.466 e. The Morgan fingerprint density at radius 1 is 1.17 bits per heavy atom. The van der Waals surface area contributed by atoms with E-state index in [4.69, 9.17) is 4.74 Å². The van der Waals surface area contributed by atoms with E-state index >= 15 is 0 Å². The van der Waals surface area contributed by atoms with Gasteiger partial charge in [-0.15, -0.1) is 0 Å². The number of benzene rings is 1. The van der Waals surface area contributed by atoms with Crippen molar-refractivity contribution in [2.75, 3.05) is 6.61 Å². The molecule has 0 unspecified atom stereocenters. The molecule has 0 radical (unpaired) electrons. The average Bonchev–Trinajstić information content (AvgIpc) is 3.48. The maximum Gasteiger partial charge on any atom is 0.310 e. The summed E-state index contributed by atoms with van der Waals surface area (Å²) >= 11 is 0. The molecule has 2 aliphatic rings. The number of aromatic nitrogens is 1. The average molecular weight is 325 g/mol. The lowest BCUT2D eigenvalue weighted by molar-refractivity contribution is -0.144. The van der Waals surface area contributed by atoms with Gasteiger partial charge in [-0.1, -0.05) is 12.1 Å². The highest BCUT2D eigenvalue weighted by atomic mass is 19.1. The Morgan fingerprint density at radius 2 is 1.88 bits per heavy atom. The van der Waals surface area contributed by atoms with Gasteiger partial charge in [-0.25, -0.2) is 4.39 Å². The maximum absolute atomic E-state index is 13.2. The van der Waals surface area contributed by atoms with E-state index in [1.54, 1.807) is 12.1 Å². The zero-order valence-electron chi connectivity index (χ0n) is 13.6. The minimum absolute atomic E-state index is 0.0547. The molecule has 4 rings (SSSR count). The summed E-state index contributed by atoms with van der Waals surface area (Å²) in [6.07, 6.45) is 4.23. The van der Waals surface area contributed by atoms with Crippen molar-refractivity contribution < 1.29 is 13.9 Å². The monoisotopic (exact) mass is 325 g/mol. The molecular weight excluding hydrogens is 305 g/mol. The van der Waals surface area contributed by atoms with Crippen LogP contribution in [0.3, 0.4) is 0 Å². The Labute approximate surface area is 140 Å². The number of ether oxygens (including phenoxy) is 1. The van der Waals surface area contributed by atoms with E-state index in [0.717, 1.165) is 16.8 Å². The Hall–Kier alpha value is -2.23. The number of rotatable bonds is 5. The lowest BCUT2D eigenvalue weighted by atomic mass is 10.0. The normalized spacial score (nSPS) is 25.3. The van der Waals surface area contributed by atoms with Gasteiger partial charge in [0.1, 0.15) is 5.82 Å². The smallest absolute Gasteiger partial charge is 0.310 e. The molecule has 3 atom stereocenters. The van der Waals surface area contributed by atoms with E-state index in [0.29, 0.717) is 12.5 Å². The number of halogens is 1. The minimum atomic E-state index is -0.261. The van der Waals surface area contributed by atoms with Crippen LogP contribution in [-0.2, 0) is 9.53 Å². The van der Waals surface area contributed by atoms with Crippen molar-refractivity contribution in [3.8, 4) is 0 Å². The first-order chi connectivity index (χ1) is 11.7. The van der Waals surface area contributed by atoms with E-state index < -0.39 is 0 Å². The molecule has 2 aromatic rings. The molecule has 0 aliphatic heterocycles. The van der Waals surface area contributed by atoms with Crippen LogP contribution in [0, 0.1) is 11.7 Å². The molecule has 2 fully saturated rings. The molecule has 1 aromatic carbocycles. The number of carbonyl (C=O) groups is 1. The predicted molar refractivity (Wildman–Crippen MR) is 88.2 cm³/mol. The lowest BCUT2D eigenvalue weighted by Gasteiger charge is -2.04. The number of carbonyl (C=O) groups excluding carboxylic acids is 1. The van der Waals surface area contributed by atoms with Crippen LogP contribution in [0.4, 0.5) is 4.39 Å². The van der Waals surface area contributed by atoms with Crippen molar-refractivity contribution in [1.29, 1.82) is 0 Å². The number of hydrogen-bond acceptors (Lipinski definition) is 3. The highest BCUT2D eigenvalue weighted by Gasteiger charge is 2.57. The summed E-state index contributed by atoms with van der Waals surface area (Å²) < 4.78 is 18.5. The molecule has 2 aliphatic carbocycles. The topological polar surface area (TPSA) is 39.2 Å². The van der Waals surface area contributed by atoms with Gasteiger partial charge in [0.05, 0.1) is 12.5 Å². The summed E-state index contributed by atoms with van der Waals surface area (Å²) in [6.45, 7) is 2.20. The third kappa shape index (κ3) is 2.81. The molecule has 0 spiro atoms. The summed E-state index contributed by atoms with van der Waals surface area (Å²) in [5.74, 6) is 0.109. The second-order valence-corrected chi connectivity index (χ2v) is 6.67. The van der Waals surface area contributed by atoms with E-state index in [2.05, 4.69) is 11.1 Å². The van der Waals surface area contributed by atoms with Crippen LogP contribution in [-0.4, -0.2) is 17.6 Å². The number of esters is 1. The van der Waals surface area contributed by atoms with Gasteiger partial charge in [0.15, 0.2) is 0 Å². The third-order valence-corrected chi connectivity index (χ3v) is 5.02. The zero-order chi connectivity index (χ0) is 16.7. The third-order valence-electron chi connectivity index (χ3n) is 5.02. The Bertz CT molecular complexity index is 754. The number of pyridine rings is 1. The molecule has 0 N–H and O–H groups in total. The molecule has 0 bridgehead atoms. The minimum Gasteiger partial charge on any atom is -0.466 e. The first-order valence-corrected chi connectivity index (χ1v) is 8.57. The second-order valence-electron chi connectivity index (χ2n) is 6.67. The first kappa shape index (κ1) is 15.3. The van der Waals surface area contributed by atoms with Crippen LogP contribution in [0.1, 0.15) is 54.3 Å². The molecule has 0 saturated heterocycles. The molecule has 4 heteroatoms. The van der Waals surface area contributed by atoms with Crippen LogP contribution in [0.2, 0.25) is 0 Å². The summed E-state index contributed by atoms with van der Waals surface area (Å²) in [4.78, 5) is 16.8. The summed E-state index contributed by atoms with van der Waals surface area (Å²) in [7, 11) is 0. The van der Waals surface area contributed by atoms with E-state index in [1.807, 2.05) is 19.2 Å². The summed E-state index contributed by atoms with van der Waals surface area (Å²) in [5.41, 5.74) is 3.25. The molecule has 1 heterocycles. The maximum atomic E-state index is 13.2. The molecule has 1 aromatic heterocycles. The van der Waals surface area contributed by atoms with Crippen molar-refractivity contribution in [2.45, 2.75) is 37.5 Å². The van der Waals surface area contributed by atoms with Crippen molar-refractivity contribution in [3.05, 3.63) is 65.2 Å². The Balaban J connectivity index is 1.64. The van der Waals surface area contributed by atoms with Gasteiger partial charge in [0.2, 0.25) is 0 Å². The number of hydrogen-bond donors (Lipinski definition) is 0. The lowest BCUT2D eigenvalue weighted by Crippen LogP contribution is -2.08. The van der Waals surface area contributed by atoms with Crippen molar-refractivity contribution >= 4 is 5.97 Å². The molecule has 24 heavy (non-hydrogen) atoms. The Morgan fingerprint density at radius 3 is 2.54 bits per heavy atom. The van der Waals surface area contributed by atoms with Gasteiger partial charge < -0.3 is 4.74 Å². The van der Waals surface area contributed by atoms with Gasteiger partial charge in [-0.2, -0.15) is 0 Å². The fourth-order valence-corrected chi connectivity index (χ4v) is 3.63. The van der Waals surface area contributed by atoms with Crippen molar-refractivity contribution in [3.63, 3.8) is 0 Å². The molecule has 3 nitrogen and oxygen atoms in total. The van der Waals surface area contributed by atoms with Crippen LogP contribution in [0.15, 0.2) is 42.6 Å². The molecule has 124 valence electrons. The predicted octanol–water partition coefficient (Wildman–Crippen LogP) is 4.16. The van der Waals surface area contributed by atoms with Gasteiger partial charge in [-0.05, 0) is 55.2 Å². The van der Waals surface area contributed by atoms with Crippen LogP contribution in [0.25, 0.3) is 0 Å². The van der Waals surface area contributed by atoms with Gasteiger partial charge >= 0.3 is 5.97 Å². The van der Waals surface area contributed by atoms with E-state index in [9.17, 15) is 9.18 Å². The highest BCUT2D eigenvalue weighted by molar-refractivity contribution is 5.80. The molecular formula is C20H20FNO2. The summed E-state index contributed by atoms with van der Waals surface area (Å²) in [5, 5.41) is 0. The van der Waals surface area contributed by atoms with Crippen molar-refractivity contribution in [2.24, 2.45) is 5.92 Å². The fourth-order valence-electron chi connectivity index (χ4n) is 3.63. The standard InChI is InChI=1S/C20H20FNO2/c1-2-24-20(23)19-17(13-5-7-15(21)8-6-13)18(19)14-9-10-22-16(11-14)12-3-4-12/h5-12,17-19H,2-4H2,1H3/t17-,18-,19-/m1/s1. The fraction of sp³-hybridized carbons (Fsp3) is 0.400. The molecule has 2 saturated carbocycles. The second kappa shape index (κ2) is 6.00. The first-order valence-electron chi connectivity index (χ1n) is 8.57. The zero-order valence-corrected chi connectivity index (χ0v) is 13.6. The van der Waals surface area contributed by atoms with Crippen LogP contribution < -0.4 is 0 Å². The van der Waals surface area contributed by atoms with Gasteiger partial charge in [0.25, 0.3) is 0 Å². The quantitative estimate of drug-likeness (QED) is 0.775. The molecule has 0 amide bonds. The van der Waals surface area contributed by atoms with Crippen LogP contribution >= 0.6 is 0 Å². The SMILES string of the molecule is CCOC(=O)[C@@H]1[C@H](c2ccc(F)cc2)[C@H]1c1ccnc(C2CC2)c1. The van der Waals surface area contributed by atoms with Crippen LogP contribution in [0.5, 0.6) is 0 Å². The number of nitrogens with zero attached hydrogens (tertiary/aromatic N) is 1. The highest BCUT2D eigenvalue weighted by Crippen LogP contribution is 2.61. The Kier molecular flexibility index (Phi) is 3.83. The van der Waals surface area contributed by atoms with Gasteiger partial charge in [0, 0.05) is 29.6 Å².